The fraction of sp³-hybridized carbons (Fsp3) is 0.579. The molecule has 26 heavy (non-hydrogen) atoms. The molecule has 1 aromatic carbocycles. The first-order valence-corrected chi connectivity index (χ1v) is 10.1. The monoisotopic (exact) mass is 395 g/mol. The fourth-order valence-corrected chi connectivity index (χ4v) is 4.78. The van der Waals surface area contributed by atoms with E-state index in [1.165, 1.54) is 0 Å². The lowest BCUT2D eigenvalue weighted by Gasteiger charge is -2.46. The summed E-state index contributed by atoms with van der Waals surface area (Å²) in [5, 5.41) is 3.86. The van der Waals surface area contributed by atoms with Crippen molar-refractivity contribution in [2.75, 3.05) is 26.2 Å². The van der Waals surface area contributed by atoms with Crippen LogP contribution in [0.1, 0.15) is 37.7 Å². The molecule has 1 atom stereocenters. The minimum atomic E-state index is -0.483. The topological polar surface area (TPSA) is 52.7 Å². The minimum Gasteiger partial charge on any atom is -0.340 e. The second-order valence-electron chi connectivity index (χ2n) is 7.54. The van der Waals surface area contributed by atoms with E-state index in [1.807, 2.05) is 21.9 Å². The molecule has 140 valence electrons. The summed E-state index contributed by atoms with van der Waals surface area (Å²) < 4.78 is 0. The number of benzene rings is 1. The highest BCUT2D eigenvalue weighted by atomic mass is 35.5. The molecular weight excluding hydrogens is 373 g/mol. The Kier molecular flexibility index (Phi) is 4.78. The van der Waals surface area contributed by atoms with Crippen molar-refractivity contribution in [2.45, 2.75) is 43.6 Å². The summed E-state index contributed by atoms with van der Waals surface area (Å²) in [4.78, 5) is 29.3. The third-order valence-electron chi connectivity index (χ3n) is 6.10. The number of urea groups is 1. The maximum Gasteiger partial charge on any atom is 0.317 e. The van der Waals surface area contributed by atoms with Gasteiger partial charge in [-0.05, 0) is 43.4 Å². The van der Waals surface area contributed by atoms with Crippen LogP contribution in [-0.2, 0) is 10.2 Å². The molecule has 1 saturated carbocycles. The van der Waals surface area contributed by atoms with E-state index in [0.717, 1.165) is 50.8 Å². The first-order chi connectivity index (χ1) is 12.5. The molecule has 0 radical (unpaired) electrons. The van der Waals surface area contributed by atoms with Gasteiger partial charge in [0.05, 0.1) is 21.5 Å². The van der Waals surface area contributed by atoms with Gasteiger partial charge in [0.1, 0.15) is 0 Å². The van der Waals surface area contributed by atoms with E-state index in [2.05, 4.69) is 5.32 Å². The van der Waals surface area contributed by atoms with Crippen LogP contribution in [0.3, 0.4) is 0 Å². The van der Waals surface area contributed by atoms with E-state index in [-0.39, 0.29) is 18.0 Å². The number of nitrogens with one attached hydrogen (secondary N) is 1. The summed E-state index contributed by atoms with van der Waals surface area (Å²) in [6.07, 6.45) is 4.61. The Balaban J connectivity index is 1.55. The van der Waals surface area contributed by atoms with E-state index in [0.29, 0.717) is 23.1 Å². The molecule has 3 amide bonds. The number of carbonyl (C=O) groups excluding carboxylic acids is 2. The molecule has 1 aromatic rings. The van der Waals surface area contributed by atoms with Crippen molar-refractivity contribution in [3.8, 4) is 0 Å². The van der Waals surface area contributed by atoms with Crippen LogP contribution in [0.5, 0.6) is 0 Å². The summed E-state index contributed by atoms with van der Waals surface area (Å²) in [6.45, 7) is 2.79. The van der Waals surface area contributed by atoms with Gasteiger partial charge in [0.15, 0.2) is 0 Å². The number of hydrogen-bond acceptors (Lipinski definition) is 2. The van der Waals surface area contributed by atoms with Crippen molar-refractivity contribution in [3.05, 3.63) is 33.8 Å². The Morgan fingerprint density at radius 1 is 1.15 bits per heavy atom. The van der Waals surface area contributed by atoms with Crippen molar-refractivity contribution in [1.29, 1.82) is 0 Å². The maximum atomic E-state index is 13.5. The zero-order chi connectivity index (χ0) is 18.3. The summed E-state index contributed by atoms with van der Waals surface area (Å²) in [6, 6.07) is 5.66. The summed E-state index contributed by atoms with van der Waals surface area (Å²) in [7, 11) is 0. The molecule has 2 heterocycles. The lowest BCUT2D eigenvalue weighted by molar-refractivity contribution is -0.142. The number of carbonyl (C=O) groups is 2. The molecule has 3 aliphatic rings. The normalized spacial score (nSPS) is 25.0. The van der Waals surface area contributed by atoms with Gasteiger partial charge in [-0.15, -0.1) is 0 Å². The molecule has 7 heteroatoms. The number of halogens is 2. The highest BCUT2D eigenvalue weighted by molar-refractivity contribution is 6.42. The lowest BCUT2D eigenvalue weighted by atomic mass is 9.63. The van der Waals surface area contributed by atoms with Gasteiger partial charge >= 0.3 is 6.03 Å². The summed E-state index contributed by atoms with van der Waals surface area (Å²) >= 11 is 12.3. The van der Waals surface area contributed by atoms with Crippen LogP contribution in [0.2, 0.25) is 10.0 Å². The van der Waals surface area contributed by atoms with Gasteiger partial charge in [0.2, 0.25) is 5.91 Å². The van der Waals surface area contributed by atoms with Crippen molar-refractivity contribution in [3.63, 3.8) is 0 Å². The van der Waals surface area contributed by atoms with Gasteiger partial charge in [-0.25, -0.2) is 4.79 Å². The summed E-state index contributed by atoms with van der Waals surface area (Å²) in [5.74, 6) is 0.173. The van der Waals surface area contributed by atoms with Gasteiger partial charge in [-0.3, -0.25) is 4.79 Å². The fourth-order valence-electron chi connectivity index (χ4n) is 4.48. The standard InChI is InChI=1S/C19H23Cl2N3O2/c20-15-5-4-13(11-16(15)21)19(6-2-7-19)17(25)23-9-1-3-14(12-23)24-10-8-22-18(24)26/h4-5,11,14H,1-3,6-10,12H2,(H,22,26). The number of likely N-dealkylation sites (tertiary alicyclic amines) is 1. The largest absolute Gasteiger partial charge is 0.340 e. The Bertz CT molecular complexity index is 735. The molecule has 2 saturated heterocycles. The second-order valence-corrected chi connectivity index (χ2v) is 8.35. The van der Waals surface area contributed by atoms with Crippen LogP contribution in [0.15, 0.2) is 18.2 Å². The number of nitrogens with zero attached hydrogens (tertiary/aromatic N) is 2. The third kappa shape index (κ3) is 2.95. The zero-order valence-electron chi connectivity index (χ0n) is 14.6. The maximum absolute atomic E-state index is 13.5. The molecule has 3 fully saturated rings. The van der Waals surface area contributed by atoms with Gasteiger partial charge in [-0.2, -0.15) is 0 Å². The van der Waals surface area contributed by atoms with Crippen LogP contribution >= 0.6 is 23.2 Å². The Hall–Kier alpha value is -1.46. The molecular formula is C19H23Cl2N3O2. The first-order valence-electron chi connectivity index (χ1n) is 9.31. The zero-order valence-corrected chi connectivity index (χ0v) is 16.2. The van der Waals surface area contributed by atoms with Crippen LogP contribution in [0, 0.1) is 0 Å². The summed E-state index contributed by atoms with van der Waals surface area (Å²) in [5.41, 5.74) is 0.479. The average molecular weight is 396 g/mol. The molecule has 1 N–H and O–H groups in total. The molecule has 2 aliphatic heterocycles. The van der Waals surface area contributed by atoms with E-state index in [9.17, 15) is 9.59 Å². The van der Waals surface area contributed by atoms with Crippen molar-refractivity contribution in [2.24, 2.45) is 0 Å². The molecule has 4 rings (SSSR count). The SMILES string of the molecule is O=C1NCCN1C1CCCN(C(=O)C2(c3ccc(Cl)c(Cl)c3)CCC2)C1. The number of piperidine rings is 1. The smallest absolute Gasteiger partial charge is 0.317 e. The number of hydrogen-bond donors (Lipinski definition) is 1. The number of amides is 3. The number of rotatable bonds is 3. The highest BCUT2D eigenvalue weighted by Crippen LogP contribution is 2.46. The van der Waals surface area contributed by atoms with E-state index in [4.69, 9.17) is 23.2 Å². The van der Waals surface area contributed by atoms with E-state index >= 15 is 0 Å². The van der Waals surface area contributed by atoms with Crippen LogP contribution in [0.25, 0.3) is 0 Å². The average Bonchev–Trinajstić information content (AvgIpc) is 3.03. The Labute approximate surface area is 163 Å². The van der Waals surface area contributed by atoms with Crippen LogP contribution < -0.4 is 5.32 Å². The lowest BCUT2D eigenvalue weighted by Crippen LogP contribution is -2.57. The Morgan fingerprint density at radius 3 is 2.58 bits per heavy atom. The molecule has 0 aromatic heterocycles. The molecule has 0 spiro atoms. The van der Waals surface area contributed by atoms with Gasteiger partial charge in [0, 0.05) is 26.2 Å². The Morgan fingerprint density at radius 2 is 1.96 bits per heavy atom. The van der Waals surface area contributed by atoms with Gasteiger partial charge in [0.25, 0.3) is 0 Å². The van der Waals surface area contributed by atoms with Crippen molar-refractivity contribution >= 4 is 35.1 Å². The quantitative estimate of drug-likeness (QED) is 0.851. The minimum absolute atomic E-state index is 0.00728. The van der Waals surface area contributed by atoms with E-state index < -0.39 is 5.41 Å². The van der Waals surface area contributed by atoms with E-state index in [1.54, 1.807) is 6.07 Å². The van der Waals surface area contributed by atoms with Crippen molar-refractivity contribution in [1.82, 2.24) is 15.1 Å². The second kappa shape index (κ2) is 6.93. The van der Waals surface area contributed by atoms with Crippen LogP contribution in [0.4, 0.5) is 4.79 Å². The predicted octanol–water partition coefficient (Wildman–Crippen LogP) is 3.43. The van der Waals surface area contributed by atoms with Crippen molar-refractivity contribution < 1.29 is 9.59 Å². The predicted molar refractivity (Wildman–Crippen MR) is 102 cm³/mol. The molecule has 1 unspecified atom stereocenters. The molecule has 0 bridgehead atoms. The third-order valence-corrected chi connectivity index (χ3v) is 6.84. The van der Waals surface area contributed by atoms with Gasteiger partial charge in [-0.1, -0.05) is 35.7 Å². The first kappa shape index (κ1) is 17.9. The van der Waals surface area contributed by atoms with Crippen LogP contribution in [-0.4, -0.2) is 54.0 Å². The molecule has 5 nitrogen and oxygen atoms in total. The molecule has 1 aliphatic carbocycles. The highest BCUT2D eigenvalue weighted by Gasteiger charge is 2.48. The van der Waals surface area contributed by atoms with Gasteiger partial charge < -0.3 is 15.1 Å².